The summed E-state index contributed by atoms with van der Waals surface area (Å²) in [6, 6.07) is 15.8. The van der Waals surface area contributed by atoms with E-state index in [1.54, 1.807) is 49.4 Å². The quantitative estimate of drug-likeness (QED) is 0.639. The molecule has 0 radical (unpaired) electrons. The van der Waals surface area contributed by atoms with Gasteiger partial charge in [-0.15, -0.1) is 10.2 Å². The van der Waals surface area contributed by atoms with Gasteiger partial charge in [-0.3, -0.25) is 14.4 Å². The Bertz CT molecular complexity index is 1030. The topological polar surface area (TPSA) is 92.3 Å². The summed E-state index contributed by atoms with van der Waals surface area (Å²) in [5.74, 6) is -0.374. The highest BCUT2D eigenvalue weighted by Crippen LogP contribution is 2.27. The summed E-state index contributed by atoms with van der Waals surface area (Å²) in [4.78, 5) is 12.2. The van der Waals surface area contributed by atoms with E-state index in [1.165, 1.54) is 4.31 Å². The van der Waals surface area contributed by atoms with E-state index in [2.05, 4.69) is 15.5 Å². The largest absolute Gasteiger partial charge is 0.296 e. The van der Waals surface area contributed by atoms with Gasteiger partial charge in [0.2, 0.25) is 5.13 Å². The molecule has 0 fully saturated rings. The second-order valence-electron chi connectivity index (χ2n) is 5.70. The second kappa shape index (κ2) is 7.85. The number of hydrogen-bond acceptors (Lipinski definition) is 6. The van der Waals surface area contributed by atoms with Crippen LogP contribution < -0.4 is 9.62 Å². The van der Waals surface area contributed by atoms with Crippen LogP contribution in [0.25, 0.3) is 0 Å². The van der Waals surface area contributed by atoms with Crippen LogP contribution in [0.4, 0.5) is 10.8 Å². The van der Waals surface area contributed by atoms with Crippen molar-refractivity contribution in [1.82, 2.24) is 10.2 Å². The number of nitrogens with zero attached hydrogens (tertiary/aromatic N) is 3. The third-order valence-corrected chi connectivity index (χ3v) is 6.87. The Balaban J connectivity index is 1.83. The van der Waals surface area contributed by atoms with Crippen molar-refractivity contribution in [3.63, 3.8) is 0 Å². The van der Waals surface area contributed by atoms with Crippen LogP contribution in [0.15, 0.2) is 58.9 Å². The molecule has 1 heterocycles. The lowest BCUT2D eigenvalue weighted by molar-refractivity contribution is 0.102. The van der Waals surface area contributed by atoms with Crippen molar-refractivity contribution in [2.45, 2.75) is 18.2 Å². The highest BCUT2D eigenvalue weighted by atomic mass is 32.2. The monoisotopic (exact) mass is 402 g/mol. The minimum Gasteiger partial charge on any atom is -0.296 e. The summed E-state index contributed by atoms with van der Waals surface area (Å²) in [6.45, 7) is 3.92. The molecule has 3 aromatic rings. The van der Waals surface area contributed by atoms with Crippen molar-refractivity contribution < 1.29 is 13.2 Å². The lowest BCUT2D eigenvalue weighted by atomic mass is 10.2. The number of amides is 1. The van der Waals surface area contributed by atoms with E-state index >= 15 is 0 Å². The van der Waals surface area contributed by atoms with E-state index in [-0.39, 0.29) is 21.9 Å². The van der Waals surface area contributed by atoms with E-state index in [1.807, 2.05) is 19.1 Å². The number of sulfonamides is 1. The fourth-order valence-corrected chi connectivity index (χ4v) is 4.89. The average Bonchev–Trinajstić information content (AvgIpc) is 3.14. The first-order valence-corrected chi connectivity index (χ1v) is 10.5. The number of carbonyl (C=O) groups is 1. The zero-order valence-corrected chi connectivity index (χ0v) is 16.4. The fourth-order valence-electron chi connectivity index (χ4n) is 2.42. The number of benzene rings is 2. The van der Waals surface area contributed by atoms with Crippen molar-refractivity contribution in [3.8, 4) is 0 Å². The molecular formula is C18H18N4O3S2. The zero-order chi connectivity index (χ0) is 19.4. The van der Waals surface area contributed by atoms with Crippen LogP contribution in [0, 0.1) is 6.92 Å². The average molecular weight is 403 g/mol. The van der Waals surface area contributed by atoms with E-state index in [0.717, 1.165) is 16.9 Å². The van der Waals surface area contributed by atoms with Gasteiger partial charge in [0, 0.05) is 12.1 Å². The van der Waals surface area contributed by atoms with Crippen molar-refractivity contribution in [2.75, 3.05) is 16.2 Å². The zero-order valence-electron chi connectivity index (χ0n) is 14.8. The fraction of sp³-hybridized carbons (Fsp3) is 0.167. The lowest BCUT2D eigenvalue weighted by Crippen LogP contribution is -2.30. The minimum atomic E-state index is -3.87. The van der Waals surface area contributed by atoms with Gasteiger partial charge >= 0.3 is 0 Å². The Morgan fingerprint density at radius 1 is 1.07 bits per heavy atom. The third-order valence-electron chi connectivity index (χ3n) is 3.78. The Kier molecular flexibility index (Phi) is 5.52. The van der Waals surface area contributed by atoms with Gasteiger partial charge in [-0.2, -0.15) is 8.42 Å². The first kappa shape index (κ1) is 19.0. The van der Waals surface area contributed by atoms with Gasteiger partial charge in [0.1, 0.15) is 0 Å². The Morgan fingerprint density at radius 3 is 2.37 bits per heavy atom. The molecule has 0 saturated heterocycles. The smallest absolute Gasteiger partial charge is 0.293 e. The van der Waals surface area contributed by atoms with Crippen LogP contribution in [0.1, 0.15) is 22.8 Å². The maximum absolute atomic E-state index is 12.9. The first-order valence-electron chi connectivity index (χ1n) is 8.21. The maximum Gasteiger partial charge on any atom is 0.293 e. The molecule has 0 saturated carbocycles. The molecule has 27 heavy (non-hydrogen) atoms. The number of hydrogen-bond donors (Lipinski definition) is 1. The van der Waals surface area contributed by atoms with Crippen molar-refractivity contribution in [3.05, 3.63) is 65.7 Å². The molecule has 0 unspecified atom stereocenters. The van der Waals surface area contributed by atoms with E-state index < -0.39 is 10.0 Å². The molecule has 0 spiro atoms. The van der Waals surface area contributed by atoms with Crippen LogP contribution in [0.3, 0.4) is 0 Å². The van der Waals surface area contributed by atoms with Crippen LogP contribution in [0.5, 0.6) is 0 Å². The van der Waals surface area contributed by atoms with Gasteiger partial charge < -0.3 is 0 Å². The second-order valence-corrected chi connectivity index (χ2v) is 8.71. The van der Waals surface area contributed by atoms with Gasteiger partial charge in [-0.1, -0.05) is 47.2 Å². The SMILES string of the molecule is CCN(c1ccc(C)cc1)S(=O)(=O)c1nnc(NC(=O)c2ccccc2)s1. The summed E-state index contributed by atoms with van der Waals surface area (Å²) < 4.78 is 27.0. The molecule has 7 nitrogen and oxygen atoms in total. The summed E-state index contributed by atoms with van der Waals surface area (Å²) >= 11 is 0.821. The number of rotatable bonds is 6. The Labute approximate surface area is 161 Å². The first-order chi connectivity index (χ1) is 12.9. The molecular weight excluding hydrogens is 384 g/mol. The number of anilines is 2. The molecule has 2 aromatic carbocycles. The van der Waals surface area contributed by atoms with Gasteiger partial charge in [0.15, 0.2) is 0 Å². The molecule has 1 N–H and O–H groups in total. The number of aromatic nitrogens is 2. The molecule has 9 heteroatoms. The maximum atomic E-state index is 12.9. The van der Waals surface area contributed by atoms with E-state index in [4.69, 9.17) is 0 Å². The van der Waals surface area contributed by atoms with Crippen LogP contribution in [0.2, 0.25) is 0 Å². The van der Waals surface area contributed by atoms with Gasteiger partial charge in [0.25, 0.3) is 20.3 Å². The lowest BCUT2D eigenvalue weighted by Gasteiger charge is -2.21. The van der Waals surface area contributed by atoms with Gasteiger partial charge in [-0.25, -0.2) is 0 Å². The molecule has 1 aromatic heterocycles. The third kappa shape index (κ3) is 4.15. The summed E-state index contributed by atoms with van der Waals surface area (Å²) in [7, 11) is -3.87. The molecule has 0 bridgehead atoms. The minimum absolute atomic E-state index is 0.127. The number of carbonyl (C=O) groups excluding carboxylic acids is 1. The van der Waals surface area contributed by atoms with Gasteiger partial charge in [0.05, 0.1) is 5.69 Å². The number of aryl methyl sites for hydroxylation is 1. The number of nitrogens with one attached hydrogen (secondary N) is 1. The summed E-state index contributed by atoms with van der Waals surface area (Å²) in [5.41, 5.74) is 2.04. The Hall–Kier alpha value is -2.78. The standard InChI is InChI=1S/C18H18N4O3S2/c1-3-22(15-11-9-13(2)10-12-15)27(24,25)18-21-20-17(26-18)19-16(23)14-7-5-4-6-8-14/h4-12H,3H2,1-2H3,(H,19,20,23). The summed E-state index contributed by atoms with van der Waals surface area (Å²) in [5, 5.41) is 10.3. The van der Waals surface area contributed by atoms with Crippen LogP contribution >= 0.6 is 11.3 Å². The molecule has 0 aliphatic heterocycles. The highest BCUT2D eigenvalue weighted by molar-refractivity contribution is 7.94. The summed E-state index contributed by atoms with van der Waals surface area (Å²) in [6.07, 6.45) is 0. The van der Waals surface area contributed by atoms with E-state index in [0.29, 0.717) is 11.3 Å². The van der Waals surface area contributed by atoms with Gasteiger partial charge in [-0.05, 0) is 38.1 Å². The van der Waals surface area contributed by atoms with E-state index in [9.17, 15) is 13.2 Å². The molecule has 3 rings (SSSR count). The molecule has 1 amide bonds. The predicted octanol–water partition coefficient (Wildman–Crippen LogP) is 3.31. The van der Waals surface area contributed by atoms with Crippen molar-refractivity contribution in [2.24, 2.45) is 0 Å². The molecule has 140 valence electrons. The predicted molar refractivity (Wildman–Crippen MR) is 106 cm³/mol. The van der Waals surface area contributed by atoms with Crippen molar-refractivity contribution in [1.29, 1.82) is 0 Å². The Morgan fingerprint density at radius 2 is 1.74 bits per heavy atom. The van der Waals surface area contributed by atoms with Crippen LogP contribution in [-0.4, -0.2) is 31.1 Å². The highest BCUT2D eigenvalue weighted by Gasteiger charge is 2.28. The van der Waals surface area contributed by atoms with Crippen molar-refractivity contribution >= 4 is 38.1 Å². The molecule has 0 atom stereocenters. The normalized spacial score (nSPS) is 11.2. The molecule has 0 aliphatic rings. The van der Waals surface area contributed by atoms with Crippen LogP contribution in [-0.2, 0) is 10.0 Å². The molecule has 0 aliphatic carbocycles.